The Balaban J connectivity index is 1.39. The van der Waals surface area contributed by atoms with Crippen molar-refractivity contribution in [2.45, 2.75) is 120 Å². The van der Waals surface area contributed by atoms with Gasteiger partial charge in [-0.3, -0.25) is 4.79 Å². The van der Waals surface area contributed by atoms with E-state index in [0.29, 0.717) is 33.9 Å². The van der Waals surface area contributed by atoms with E-state index in [1.807, 2.05) is 60.7 Å². The molecule has 10 atom stereocenters. The number of carbonyl (C=O) groups excluding carboxylic acids is 1. The summed E-state index contributed by atoms with van der Waals surface area (Å²) in [6.07, 6.45) is -11.4. The highest BCUT2D eigenvalue weighted by Crippen LogP contribution is 2.54. The van der Waals surface area contributed by atoms with E-state index in [1.54, 1.807) is 0 Å². The van der Waals surface area contributed by atoms with Crippen LogP contribution in [0.1, 0.15) is 75.8 Å². The van der Waals surface area contributed by atoms with Crippen molar-refractivity contribution in [2.75, 3.05) is 45.0 Å². The first-order valence-corrected chi connectivity index (χ1v) is 20.0. The third kappa shape index (κ3) is 9.16. The zero-order chi connectivity index (χ0) is 42.9. The number of benzene rings is 3. The zero-order valence-electron chi connectivity index (χ0n) is 34.4. The van der Waals surface area contributed by atoms with Gasteiger partial charge in [-0.25, -0.2) is 0 Å². The number of nitrogens with one attached hydrogen (secondary N) is 1. The lowest BCUT2D eigenvalue weighted by molar-refractivity contribution is -0.301. The molecule has 0 spiro atoms. The number of hydrogen-bond acceptors (Lipinski definition) is 14. The summed E-state index contributed by atoms with van der Waals surface area (Å²) in [7, 11) is 0. The van der Waals surface area contributed by atoms with Crippen LogP contribution < -0.4 is 14.8 Å². The average molecular weight is 826 g/mol. The molecule has 59 heavy (non-hydrogen) atoms. The lowest BCUT2D eigenvalue weighted by atomic mass is 9.67. The van der Waals surface area contributed by atoms with Gasteiger partial charge in [0.05, 0.1) is 32.5 Å². The van der Waals surface area contributed by atoms with Crippen molar-refractivity contribution in [3.05, 3.63) is 88.5 Å². The van der Waals surface area contributed by atoms with Gasteiger partial charge in [-0.2, -0.15) is 0 Å². The van der Waals surface area contributed by atoms with Crippen molar-refractivity contribution in [3.63, 3.8) is 0 Å². The summed E-state index contributed by atoms with van der Waals surface area (Å²) in [6, 6.07) is 18.9. The van der Waals surface area contributed by atoms with Crippen LogP contribution in [0.5, 0.6) is 11.5 Å². The van der Waals surface area contributed by atoms with E-state index in [1.165, 1.54) is 0 Å². The summed E-state index contributed by atoms with van der Waals surface area (Å²) in [6.45, 7) is 11.1. The van der Waals surface area contributed by atoms with Crippen molar-refractivity contribution in [1.82, 2.24) is 0 Å². The van der Waals surface area contributed by atoms with E-state index in [-0.39, 0.29) is 49.6 Å². The fraction of sp³-hybridized carbons (Fsp3) is 0.568. The first-order chi connectivity index (χ1) is 27.9. The van der Waals surface area contributed by atoms with Crippen LogP contribution in [0.2, 0.25) is 0 Å². The molecule has 6 rings (SSSR count). The second-order valence-electron chi connectivity index (χ2n) is 17.4. The number of aliphatic hydroxyl groups is 7. The van der Waals surface area contributed by atoms with Crippen LogP contribution in [0.25, 0.3) is 0 Å². The Morgan fingerprint density at radius 3 is 1.71 bits per heavy atom. The van der Waals surface area contributed by atoms with Gasteiger partial charge in [0.25, 0.3) is 0 Å². The molecule has 3 aliphatic rings. The predicted octanol–water partition coefficient (Wildman–Crippen LogP) is 1.99. The lowest BCUT2D eigenvalue weighted by Gasteiger charge is -2.39. The molecule has 1 amide bonds. The van der Waals surface area contributed by atoms with Gasteiger partial charge < -0.3 is 69.5 Å². The summed E-state index contributed by atoms with van der Waals surface area (Å²) in [5.74, 6) is 0.411. The van der Waals surface area contributed by atoms with Gasteiger partial charge in [-0.05, 0) is 52.3 Å². The molecule has 2 fully saturated rings. The minimum absolute atomic E-state index is 0.0131. The van der Waals surface area contributed by atoms with E-state index in [4.69, 9.17) is 28.4 Å². The van der Waals surface area contributed by atoms with Gasteiger partial charge in [-0.1, -0.05) is 71.9 Å². The van der Waals surface area contributed by atoms with Gasteiger partial charge in [0, 0.05) is 28.8 Å². The molecule has 0 bridgehead atoms. The Bertz CT molecular complexity index is 1910. The van der Waals surface area contributed by atoms with Gasteiger partial charge >= 0.3 is 0 Å². The summed E-state index contributed by atoms with van der Waals surface area (Å²) in [5.41, 5.74) is 1.97. The van der Waals surface area contributed by atoms with E-state index in [0.717, 1.165) is 11.1 Å². The number of amides is 1. The van der Waals surface area contributed by atoms with Crippen LogP contribution in [-0.2, 0) is 40.0 Å². The maximum Gasteiger partial charge on any atom is 0.244 e. The molecule has 0 aliphatic carbocycles. The third-order valence-electron chi connectivity index (χ3n) is 11.2. The topological polar surface area (TPSA) is 226 Å². The standard InChI is InChI=1S/C44H59NO14/c1-42(2,3)24-11-13-32(54-15-17-56-39-31(49)21-30(48)34(22-46)58-39)27(19-24)44(26-9-7-8-10-29(26)45-41(44)53)28-20-25(43(4,5)6)12-14-33(28)55-16-18-57-40-38(52)37(51)36(50)35(23-47)59-40/h7-14,19-20,30-31,34-40,46-52H,15-18,21-23H2,1-6H3,(H,45,53). The molecule has 2 saturated heterocycles. The minimum atomic E-state index is -1.60. The number of carbonyl (C=O) groups is 1. The van der Waals surface area contributed by atoms with E-state index in [2.05, 4.69) is 46.9 Å². The molecule has 15 nitrogen and oxygen atoms in total. The van der Waals surface area contributed by atoms with Gasteiger partial charge in [0.2, 0.25) is 5.91 Å². The maximum absolute atomic E-state index is 15.1. The first-order valence-electron chi connectivity index (χ1n) is 20.0. The largest absolute Gasteiger partial charge is 0.491 e. The molecule has 8 N–H and O–H groups in total. The summed E-state index contributed by atoms with van der Waals surface area (Å²) in [4.78, 5) is 15.1. The summed E-state index contributed by atoms with van der Waals surface area (Å²) < 4.78 is 35.6. The second-order valence-corrected chi connectivity index (χ2v) is 17.4. The van der Waals surface area contributed by atoms with E-state index < -0.39 is 73.9 Å². The molecule has 0 saturated carbocycles. The van der Waals surface area contributed by atoms with Crippen molar-refractivity contribution in [1.29, 1.82) is 0 Å². The number of anilines is 1. The van der Waals surface area contributed by atoms with Crippen molar-refractivity contribution in [3.8, 4) is 11.5 Å². The monoisotopic (exact) mass is 825 g/mol. The van der Waals surface area contributed by atoms with Gasteiger partial charge in [0.15, 0.2) is 12.6 Å². The highest BCUT2D eigenvalue weighted by Gasteiger charge is 2.53. The molecule has 3 aromatic carbocycles. The molecule has 0 aromatic heterocycles. The second kappa shape index (κ2) is 18.1. The van der Waals surface area contributed by atoms with Crippen molar-refractivity contribution >= 4 is 11.6 Å². The Morgan fingerprint density at radius 2 is 1.17 bits per heavy atom. The normalized spacial score (nSPS) is 29.8. The molecule has 15 heteroatoms. The molecule has 0 radical (unpaired) electrons. The van der Waals surface area contributed by atoms with Crippen LogP contribution in [-0.4, -0.2) is 137 Å². The zero-order valence-corrected chi connectivity index (χ0v) is 34.4. The van der Waals surface area contributed by atoms with Gasteiger partial charge in [0.1, 0.15) is 66.8 Å². The molecular weight excluding hydrogens is 766 g/mol. The average Bonchev–Trinajstić information content (AvgIpc) is 3.49. The maximum atomic E-state index is 15.1. The number of fused-ring (bicyclic) bond motifs is 1. The lowest BCUT2D eigenvalue weighted by Crippen LogP contribution is -2.59. The van der Waals surface area contributed by atoms with Crippen molar-refractivity contribution in [2.24, 2.45) is 0 Å². The fourth-order valence-electron chi connectivity index (χ4n) is 7.78. The Labute approximate surface area is 344 Å². The Hall–Kier alpha value is -3.71. The minimum Gasteiger partial charge on any atom is -0.491 e. The Kier molecular flexibility index (Phi) is 13.8. The van der Waals surface area contributed by atoms with E-state index >= 15 is 4.79 Å². The summed E-state index contributed by atoms with van der Waals surface area (Å²) in [5, 5.41) is 74.0. The molecule has 3 heterocycles. The highest BCUT2D eigenvalue weighted by molar-refractivity contribution is 6.12. The number of rotatable bonds is 14. The van der Waals surface area contributed by atoms with Crippen molar-refractivity contribution < 1.29 is 69.0 Å². The van der Waals surface area contributed by atoms with Crippen LogP contribution in [0.3, 0.4) is 0 Å². The van der Waals surface area contributed by atoms with Gasteiger partial charge in [-0.15, -0.1) is 0 Å². The fourth-order valence-corrected chi connectivity index (χ4v) is 7.78. The molecule has 10 unspecified atom stereocenters. The van der Waals surface area contributed by atoms with Crippen LogP contribution in [0.15, 0.2) is 60.7 Å². The Morgan fingerprint density at radius 1 is 0.644 bits per heavy atom. The smallest absolute Gasteiger partial charge is 0.244 e. The first kappa shape index (κ1) is 44.8. The molecular formula is C44H59NO14. The summed E-state index contributed by atoms with van der Waals surface area (Å²) >= 11 is 0. The van der Waals surface area contributed by atoms with Crippen LogP contribution >= 0.6 is 0 Å². The quantitative estimate of drug-likeness (QED) is 0.109. The number of para-hydroxylation sites is 1. The predicted molar refractivity (Wildman–Crippen MR) is 214 cm³/mol. The number of aliphatic hydroxyl groups excluding tert-OH is 7. The molecule has 3 aromatic rings. The molecule has 324 valence electrons. The van der Waals surface area contributed by atoms with Crippen LogP contribution in [0.4, 0.5) is 5.69 Å². The SMILES string of the molecule is CC(C)(C)c1ccc(OCCOC2OC(CO)C(O)CC2O)c(C2(c3cc(C(C)(C)C)ccc3OCCOC3OC(CO)C(O)C(O)C3O)C(=O)Nc3ccccc32)c1. The number of ether oxygens (including phenoxy) is 6. The van der Waals surface area contributed by atoms with E-state index in [9.17, 15) is 35.7 Å². The third-order valence-corrected chi connectivity index (χ3v) is 11.2. The molecule has 3 aliphatic heterocycles. The van der Waals surface area contributed by atoms with Crippen LogP contribution in [0, 0.1) is 0 Å². The number of hydrogen-bond donors (Lipinski definition) is 8. The highest BCUT2D eigenvalue weighted by atomic mass is 16.7.